The van der Waals surface area contributed by atoms with Crippen LogP contribution in [0.15, 0.2) is 22.7 Å². The zero-order valence-corrected chi connectivity index (χ0v) is 13.4. The second-order valence-electron chi connectivity index (χ2n) is 4.53. The minimum atomic E-state index is 0.405. The van der Waals surface area contributed by atoms with Gasteiger partial charge in [0.05, 0.1) is 0 Å². The Morgan fingerprint density at radius 1 is 1.50 bits per heavy atom. The smallest absolute Gasteiger partial charge is 0.107 e. The fourth-order valence-corrected chi connectivity index (χ4v) is 2.48. The molecule has 5 heteroatoms. The van der Waals surface area contributed by atoms with Gasteiger partial charge in [-0.2, -0.15) is 0 Å². The van der Waals surface area contributed by atoms with Gasteiger partial charge in [-0.15, -0.1) is 0 Å². The third-order valence-electron chi connectivity index (χ3n) is 2.92. The molecule has 0 saturated heterocycles. The number of anilines is 1. The highest BCUT2D eigenvalue weighted by molar-refractivity contribution is 9.10. The molecular weight excluding hydrogens is 310 g/mol. The van der Waals surface area contributed by atoms with Crippen LogP contribution in [0.4, 0.5) is 5.69 Å². The van der Waals surface area contributed by atoms with Gasteiger partial charge in [-0.3, -0.25) is 0 Å². The number of hydrogen-bond donors (Lipinski definition) is 2. The first-order chi connectivity index (χ1) is 8.43. The molecule has 0 spiro atoms. The minimum Gasteiger partial charge on any atom is -0.389 e. The predicted octanol–water partition coefficient (Wildman–Crippen LogP) is 2.84. The Labute approximate surface area is 123 Å². The van der Waals surface area contributed by atoms with E-state index in [-0.39, 0.29) is 0 Å². The topological polar surface area (TPSA) is 41.3 Å². The number of nitrogens with one attached hydrogen (secondary N) is 1. The fourth-order valence-electron chi connectivity index (χ4n) is 1.55. The number of thiocarbonyl (C=S) groups is 1. The van der Waals surface area contributed by atoms with Crippen LogP contribution in [0.5, 0.6) is 0 Å². The first-order valence-corrected chi connectivity index (χ1v) is 7.16. The van der Waals surface area contributed by atoms with E-state index in [0.29, 0.717) is 11.0 Å². The van der Waals surface area contributed by atoms with E-state index in [1.807, 2.05) is 18.2 Å². The maximum absolute atomic E-state index is 5.75. The van der Waals surface area contributed by atoms with E-state index < -0.39 is 0 Å². The fraction of sp³-hybridized carbons (Fsp3) is 0.462. The van der Waals surface area contributed by atoms with Gasteiger partial charge in [-0.1, -0.05) is 18.3 Å². The van der Waals surface area contributed by atoms with Gasteiger partial charge >= 0.3 is 0 Å². The number of benzene rings is 1. The Bertz CT molecular complexity index is 421. The average Bonchev–Trinajstić information content (AvgIpc) is 2.28. The molecule has 3 N–H and O–H groups in total. The average molecular weight is 330 g/mol. The first-order valence-electron chi connectivity index (χ1n) is 5.96. The molecule has 3 nitrogen and oxygen atoms in total. The molecule has 0 aromatic heterocycles. The van der Waals surface area contributed by atoms with Gasteiger partial charge in [0.2, 0.25) is 0 Å². The van der Waals surface area contributed by atoms with Gasteiger partial charge in [0, 0.05) is 34.9 Å². The SMILES string of the molecule is CC(C)N(C)CCNc1cccc(Br)c1C(N)=S. The molecule has 0 saturated carbocycles. The molecule has 0 aliphatic rings. The van der Waals surface area contributed by atoms with Crippen molar-refractivity contribution in [1.29, 1.82) is 0 Å². The van der Waals surface area contributed by atoms with Crippen LogP contribution in [0.2, 0.25) is 0 Å². The van der Waals surface area contributed by atoms with Gasteiger partial charge in [0.1, 0.15) is 4.99 Å². The summed E-state index contributed by atoms with van der Waals surface area (Å²) in [7, 11) is 2.11. The van der Waals surface area contributed by atoms with Crippen LogP contribution in [0.3, 0.4) is 0 Å². The lowest BCUT2D eigenvalue weighted by molar-refractivity contribution is 0.284. The van der Waals surface area contributed by atoms with Crippen molar-refractivity contribution in [2.24, 2.45) is 5.73 Å². The van der Waals surface area contributed by atoms with Crippen molar-refractivity contribution in [2.75, 3.05) is 25.5 Å². The summed E-state index contributed by atoms with van der Waals surface area (Å²) in [5, 5.41) is 3.38. The van der Waals surface area contributed by atoms with Gasteiger partial charge in [-0.05, 0) is 49.0 Å². The highest BCUT2D eigenvalue weighted by Gasteiger charge is 2.09. The lowest BCUT2D eigenvalue weighted by Gasteiger charge is -2.22. The summed E-state index contributed by atoms with van der Waals surface area (Å²) in [6.07, 6.45) is 0. The predicted molar refractivity (Wildman–Crippen MR) is 86.3 cm³/mol. The largest absolute Gasteiger partial charge is 0.389 e. The summed E-state index contributed by atoms with van der Waals surface area (Å²) in [6, 6.07) is 6.46. The zero-order chi connectivity index (χ0) is 13.7. The van der Waals surface area contributed by atoms with E-state index in [4.69, 9.17) is 18.0 Å². The Balaban J connectivity index is 2.68. The van der Waals surface area contributed by atoms with Crippen LogP contribution in [-0.4, -0.2) is 36.1 Å². The molecule has 0 aliphatic heterocycles. The Morgan fingerprint density at radius 2 is 2.17 bits per heavy atom. The monoisotopic (exact) mass is 329 g/mol. The molecular formula is C13H20BrN3S. The van der Waals surface area contributed by atoms with Crippen molar-refractivity contribution in [3.63, 3.8) is 0 Å². The lowest BCUT2D eigenvalue weighted by atomic mass is 10.2. The second-order valence-corrected chi connectivity index (χ2v) is 5.82. The van der Waals surface area contributed by atoms with Crippen molar-refractivity contribution in [3.05, 3.63) is 28.2 Å². The van der Waals surface area contributed by atoms with Crippen molar-refractivity contribution in [3.8, 4) is 0 Å². The standard InChI is InChI=1S/C13H20BrN3S/c1-9(2)17(3)8-7-16-11-6-4-5-10(14)12(11)13(15)18/h4-6,9,16H,7-8H2,1-3H3,(H2,15,18). The number of nitrogens with two attached hydrogens (primary N) is 1. The van der Waals surface area contributed by atoms with Crippen molar-refractivity contribution in [2.45, 2.75) is 19.9 Å². The number of halogens is 1. The molecule has 1 aromatic rings. The number of nitrogens with zero attached hydrogens (tertiary/aromatic N) is 1. The van der Waals surface area contributed by atoms with Crippen LogP contribution >= 0.6 is 28.1 Å². The highest BCUT2D eigenvalue weighted by Crippen LogP contribution is 2.24. The molecule has 100 valence electrons. The molecule has 0 amide bonds. The number of likely N-dealkylation sites (N-methyl/N-ethyl adjacent to an activating group) is 1. The Kier molecular flexibility index (Phi) is 6.05. The van der Waals surface area contributed by atoms with Gasteiger partial charge in [0.25, 0.3) is 0 Å². The third-order valence-corrected chi connectivity index (χ3v) is 3.79. The van der Waals surface area contributed by atoms with Crippen molar-refractivity contribution in [1.82, 2.24) is 4.90 Å². The summed E-state index contributed by atoms with van der Waals surface area (Å²) in [5.74, 6) is 0. The Morgan fingerprint density at radius 3 is 2.72 bits per heavy atom. The molecule has 0 aliphatic carbocycles. The van der Waals surface area contributed by atoms with E-state index >= 15 is 0 Å². The van der Waals surface area contributed by atoms with E-state index in [1.165, 1.54) is 0 Å². The number of rotatable bonds is 6. The number of hydrogen-bond acceptors (Lipinski definition) is 3. The maximum Gasteiger partial charge on any atom is 0.107 e. The molecule has 0 unspecified atom stereocenters. The first kappa shape index (κ1) is 15.4. The van der Waals surface area contributed by atoms with Crippen LogP contribution in [0, 0.1) is 0 Å². The summed E-state index contributed by atoms with van der Waals surface area (Å²) >= 11 is 8.55. The van der Waals surface area contributed by atoms with Crippen LogP contribution in [-0.2, 0) is 0 Å². The van der Waals surface area contributed by atoms with E-state index in [9.17, 15) is 0 Å². The highest BCUT2D eigenvalue weighted by atomic mass is 79.9. The summed E-state index contributed by atoms with van der Waals surface area (Å²) in [4.78, 5) is 2.69. The van der Waals surface area contributed by atoms with E-state index in [1.54, 1.807) is 0 Å². The zero-order valence-electron chi connectivity index (χ0n) is 11.0. The van der Waals surface area contributed by atoms with E-state index in [0.717, 1.165) is 28.8 Å². The molecule has 0 radical (unpaired) electrons. The summed E-state index contributed by atoms with van der Waals surface area (Å²) < 4.78 is 0.928. The minimum absolute atomic E-state index is 0.405. The van der Waals surface area contributed by atoms with Gasteiger partial charge in [0.15, 0.2) is 0 Å². The molecule has 1 aromatic carbocycles. The quantitative estimate of drug-likeness (QED) is 0.787. The second kappa shape index (κ2) is 7.07. The van der Waals surface area contributed by atoms with Crippen LogP contribution < -0.4 is 11.1 Å². The van der Waals surface area contributed by atoms with Crippen LogP contribution in [0.1, 0.15) is 19.4 Å². The Hall–Kier alpha value is -0.650. The molecule has 0 fully saturated rings. The van der Waals surface area contributed by atoms with Crippen molar-refractivity contribution >= 4 is 38.8 Å². The lowest BCUT2D eigenvalue weighted by Crippen LogP contribution is -2.31. The molecule has 18 heavy (non-hydrogen) atoms. The molecule has 0 bridgehead atoms. The van der Waals surface area contributed by atoms with Crippen molar-refractivity contribution < 1.29 is 0 Å². The molecule has 1 rings (SSSR count). The van der Waals surface area contributed by atoms with Crippen LogP contribution in [0.25, 0.3) is 0 Å². The van der Waals surface area contributed by atoms with E-state index in [2.05, 4.69) is 47.0 Å². The maximum atomic E-state index is 5.75. The normalized spacial score (nSPS) is 11.0. The van der Waals surface area contributed by atoms with Gasteiger partial charge < -0.3 is 16.0 Å². The summed E-state index contributed by atoms with van der Waals surface area (Å²) in [5.41, 5.74) is 7.60. The van der Waals surface area contributed by atoms with Gasteiger partial charge in [-0.25, -0.2) is 0 Å². The third kappa shape index (κ3) is 4.23. The summed E-state index contributed by atoms with van der Waals surface area (Å²) in [6.45, 7) is 6.20. The molecule has 0 atom stereocenters. The molecule has 0 heterocycles.